The van der Waals surface area contributed by atoms with Gasteiger partial charge in [-0.25, -0.2) is 19.3 Å². The van der Waals surface area contributed by atoms with E-state index in [1.54, 1.807) is 20.8 Å². The van der Waals surface area contributed by atoms with E-state index in [2.05, 4.69) is 25.3 Å². The van der Waals surface area contributed by atoms with E-state index in [-0.39, 0.29) is 34.7 Å². The number of fused-ring (bicyclic) bond motifs is 1. The molecule has 0 radical (unpaired) electrons. The van der Waals surface area contributed by atoms with Gasteiger partial charge in [-0.05, 0) is 11.5 Å². The van der Waals surface area contributed by atoms with Crippen LogP contribution in [0.3, 0.4) is 0 Å². The van der Waals surface area contributed by atoms with Gasteiger partial charge in [-0.2, -0.15) is 13.2 Å². The number of nitrogens with zero attached hydrogens (tertiary/aromatic N) is 3. The van der Waals surface area contributed by atoms with Crippen LogP contribution in [0.15, 0.2) is 24.7 Å². The van der Waals surface area contributed by atoms with Gasteiger partial charge in [0, 0.05) is 29.4 Å². The summed E-state index contributed by atoms with van der Waals surface area (Å²) < 4.78 is 53.5. The minimum atomic E-state index is -4.58. The number of alkyl halides is 3. The largest absolute Gasteiger partial charge is 0.481 e. The standard InChI is InChI=1S/C19H19F4N5O2/c1-18(2,3)13(5-14(29)30)27-17-12(20)8-26-16(28-17)11-7-25-15-10(11)4-9(6-24-15)19(21,22)23/h4,6-8,13H,5H2,1-3H3,(H,24,25)(H,29,30)(H,26,27,28)/t13-/m1/s1. The minimum Gasteiger partial charge on any atom is -0.481 e. The zero-order valence-corrected chi connectivity index (χ0v) is 16.3. The van der Waals surface area contributed by atoms with Gasteiger partial charge in [0.05, 0.1) is 18.2 Å². The fourth-order valence-corrected chi connectivity index (χ4v) is 2.85. The van der Waals surface area contributed by atoms with E-state index in [1.165, 1.54) is 6.20 Å². The molecule has 0 saturated carbocycles. The fourth-order valence-electron chi connectivity index (χ4n) is 2.85. The number of aromatic nitrogens is 4. The van der Waals surface area contributed by atoms with Crippen molar-refractivity contribution in [1.82, 2.24) is 19.9 Å². The second-order valence-corrected chi connectivity index (χ2v) is 7.87. The third-order valence-corrected chi connectivity index (χ3v) is 4.58. The summed E-state index contributed by atoms with van der Waals surface area (Å²) in [6.45, 7) is 5.37. The molecule has 1 atom stereocenters. The SMILES string of the molecule is CC(C)(C)[C@@H](CC(=O)O)Nc1nc(-c2c[nH]c3ncc(C(F)(F)F)cc23)ncc1F. The lowest BCUT2D eigenvalue weighted by Crippen LogP contribution is -2.36. The smallest absolute Gasteiger partial charge is 0.417 e. The maximum absolute atomic E-state index is 14.3. The molecule has 0 amide bonds. The summed E-state index contributed by atoms with van der Waals surface area (Å²) >= 11 is 0. The maximum Gasteiger partial charge on any atom is 0.417 e. The van der Waals surface area contributed by atoms with Gasteiger partial charge >= 0.3 is 12.1 Å². The Balaban J connectivity index is 2.04. The molecular weight excluding hydrogens is 406 g/mol. The van der Waals surface area contributed by atoms with Crippen LogP contribution in [0.2, 0.25) is 0 Å². The lowest BCUT2D eigenvalue weighted by molar-refractivity contribution is -0.138. The number of hydrogen-bond acceptors (Lipinski definition) is 5. The van der Waals surface area contributed by atoms with Crippen molar-refractivity contribution in [1.29, 1.82) is 0 Å². The molecule has 3 rings (SSSR count). The third kappa shape index (κ3) is 4.50. The van der Waals surface area contributed by atoms with Gasteiger partial charge in [-0.3, -0.25) is 4.79 Å². The number of hydrogen-bond donors (Lipinski definition) is 3. The molecule has 3 aromatic heterocycles. The van der Waals surface area contributed by atoms with Gasteiger partial charge in [0.2, 0.25) is 0 Å². The molecule has 0 unspecified atom stereocenters. The van der Waals surface area contributed by atoms with Crippen molar-refractivity contribution in [3.63, 3.8) is 0 Å². The molecule has 0 spiro atoms. The molecule has 0 saturated heterocycles. The van der Waals surface area contributed by atoms with Crippen molar-refractivity contribution in [2.24, 2.45) is 5.41 Å². The molecule has 0 bridgehead atoms. The summed E-state index contributed by atoms with van der Waals surface area (Å²) in [7, 11) is 0. The Bertz CT molecular complexity index is 1090. The number of carboxylic acids is 1. The van der Waals surface area contributed by atoms with Gasteiger partial charge in [-0.1, -0.05) is 20.8 Å². The predicted molar refractivity (Wildman–Crippen MR) is 101 cm³/mol. The monoisotopic (exact) mass is 425 g/mol. The average molecular weight is 425 g/mol. The van der Waals surface area contributed by atoms with Crippen LogP contribution in [0.4, 0.5) is 23.4 Å². The second-order valence-electron chi connectivity index (χ2n) is 7.87. The van der Waals surface area contributed by atoms with Crippen LogP contribution < -0.4 is 5.32 Å². The van der Waals surface area contributed by atoms with Gasteiger partial charge in [0.25, 0.3) is 0 Å². The molecule has 0 fully saturated rings. The van der Waals surface area contributed by atoms with E-state index in [1.807, 2.05) is 0 Å². The Hall–Kier alpha value is -3.24. The first-order chi connectivity index (χ1) is 13.9. The zero-order valence-electron chi connectivity index (χ0n) is 16.3. The summed E-state index contributed by atoms with van der Waals surface area (Å²) in [5.74, 6) is -2.16. The molecule has 7 nitrogen and oxygen atoms in total. The van der Waals surface area contributed by atoms with Crippen LogP contribution >= 0.6 is 0 Å². The number of H-pyrrole nitrogens is 1. The number of nitrogens with one attached hydrogen (secondary N) is 2. The van der Waals surface area contributed by atoms with Crippen LogP contribution in [0.5, 0.6) is 0 Å². The maximum atomic E-state index is 14.3. The summed E-state index contributed by atoms with van der Waals surface area (Å²) in [5.41, 5.74) is -1.08. The number of carboxylic acid groups (broad SMARTS) is 1. The van der Waals surface area contributed by atoms with E-state index in [0.717, 1.165) is 12.3 Å². The molecular formula is C19H19F4N5O2. The summed E-state index contributed by atoms with van der Waals surface area (Å²) in [6, 6.07) is 0.254. The van der Waals surface area contributed by atoms with E-state index in [0.29, 0.717) is 6.20 Å². The van der Waals surface area contributed by atoms with Crippen LogP contribution in [-0.4, -0.2) is 37.1 Å². The summed E-state index contributed by atoms with van der Waals surface area (Å²) in [5, 5.41) is 12.1. The number of aromatic amines is 1. The van der Waals surface area contributed by atoms with Crippen molar-refractivity contribution < 1.29 is 27.5 Å². The lowest BCUT2D eigenvalue weighted by Gasteiger charge is -2.30. The molecule has 3 aromatic rings. The molecule has 160 valence electrons. The molecule has 3 N–H and O–H groups in total. The number of anilines is 1. The molecule has 0 aliphatic heterocycles. The highest BCUT2D eigenvalue weighted by atomic mass is 19.4. The van der Waals surface area contributed by atoms with Crippen LogP contribution in [0.25, 0.3) is 22.4 Å². The lowest BCUT2D eigenvalue weighted by atomic mass is 9.85. The number of aliphatic carboxylic acids is 1. The summed E-state index contributed by atoms with van der Waals surface area (Å²) in [4.78, 5) is 25.7. The highest BCUT2D eigenvalue weighted by Crippen LogP contribution is 2.34. The molecule has 3 heterocycles. The normalized spacial score (nSPS) is 13.4. The van der Waals surface area contributed by atoms with Crippen molar-refractivity contribution in [2.75, 3.05) is 5.32 Å². The van der Waals surface area contributed by atoms with Crippen molar-refractivity contribution in [3.05, 3.63) is 36.0 Å². The van der Waals surface area contributed by atoms with Crippen molar-refractivity contribution in [3.8, 4) is 11.4 Å². The minimum absolute atomic E-state index is 0.0331. The molecule has 0 aromatic carbocycles. The first kappa shape index (κ1) is 21.5. The fraction of sp³-hybridized carbons (Fsp3) is 0.368. The van der Waals surface area contributed by atoms with Gasteiger partial charge in [0.15, 0.2) is 17.5 Å². The zero-order chi connectivity index (χ0) is 22.3. The Morgan fingerprint density at radius 3 is 2.53 bits per heavy atom. The van der Waals surface area contributed by atoms with Gasteiger partial charge < -0.3 is 15.4 Å². The Morgan fingerprint density at radius 2 is 1.93 bits per heavy atom. The number of rotatable bonds is 5. The quantitative estimate of drug-likeness (QED) is 0.521. The number of pyridine rings is 1. The van der Waals surface area contributed by atoms with E-state index in [4.69, 9.17) is 5.11 Å². The first-order valence-electron chi connectivity index (χ1n) is 8.92. The van der Waals surface area contributed by atoms with Crippen molar-refractivity contribution in [2.45, 2.75) is 39.4 Å². The third-order valence-electron chi connectivity index (χ3n) is 4.58. The first-order valence-corrected chi connectivity index (χ1v) is 8.92. The molecule has 0 aliphatic carbocycles. The van der Waals surface area contributed by atoms with E-state index < -0.39 is 35.0 Å². The Labute approximate surface area is 168 Å². The Kier molecular flexibility index (Phi) is 5.40. The van der Waals surface area contributed by atoms with Crippen LogP contribution in [-0.2, 0) is 11.0 Å². The molecule has 30 heavy (non-hydrogen) atoms. The Morgan fingerprint density at radius 1 is 1.23 bits per heavy atom. The topological polar surface area (TPSA) is 104 Å². The van der Waals surface area contributed by atoms with Gasteiger partial charge in [0.1, 0.15) is 5.65 Å². The van der Waals surface area contributed by atoms with Crippen LogP contribution in [0, 0.1) is 11.2 Å². The van der Waals surface area contributed by atoms with Gasteiger partial charge in [-0.15, -0.1) is 0 Å². The van der Waals surface area contributed by atoms with E-state index >= 15 is 0 Å². The van der Waals surface area contributed by atoms with Crippen molar-refractivity contribution >= 4 is 22.8 Å². The summed E-state index contributed by atoms with van der Waals surface area (Å²) in [6.07, 6.45) is -1.89. The molecule has 0 aliphatic rings. The second kappa shape index (κ2) is 7.54. The van der Waals surface area contributed by atoms with E-state index in [9.17, 15) is 22.4 Å². The highest BCUT2D eigenvalue weighted by Gasteiger charge is 2.32. The average Bonchev–Trinajstić information content (AvgIpc) is 3.04. The predicted octanol–water partition coefficient (Wildman–Crippen LogP) is 4.48. The highest BCUT2D eigenvalue weighted by molar-refractivity contribution is 5.92. The number of halogens is 4. The molecule has 11 heteroatoms. The number of carbonyl (C=O) groups is 1. The van der Waals surface area contributed by atoms with Crippen LogP contribution in [0.1, 0.15) is 32.8 Å².